The monoisotopic (exact) mass is 537 g/mol. The highest BCUT2D eigenvalue weighted by atomic mass is 16.7. The smallest absolute Gasteiger partial charge is 0.255 e. The number of phenols is 1. The lowest BCUT2D eigenvalue weighted by Gasteiger charge is -2.15. The van der Waals surface area contributed by atoms with Gasteiger partial charge in [0.2, 0.25) is 6.29 Å². The highest BCUT2D eigenvalue weighted by molar-refractivity contribution is 5.96. The molecule has 1 rings (SSSR count). The summed E-state index contributed by atoms with van der Waals surface area (Å²) in [6.07, 6.45) is 29.5. The van der Waals surface area contributed by atoms with Crippen molar-refractivity contribution in [2.75, 3.05) is 20.3 Å². The van der Waals surface area contributed by atoms with Crippen LogP contribution in [0.2, 0.25) is 0 Å². The molecule has 1 atom stereocenters. The molecule has 2 N–H and O–H groups in total. The molecule has 6 nitrogen and oxygen atoms in total. The van der Waals surface area contributed by atoms with E-state index in [-0.39, 0.29) is 29.4 Å². The molecular formula is C33H47NO5. The van der Waals surface area contributed by atoms with Crippen molar-refractivity contribution in [1.29, 1.82) is 0 Å². The number of carbonyl (C=O) groups excluding carboxylic acids is 2. The normalized spacial score (nSPS) is 13.0. The van der Waals surface area contributed by atoms with Crippen molar-refractivity contribution in [3.63, 3.8) is 0 Å². The van der Waals surface area contributed by atoms with Crippen LogP contribution in [0, 0.1) is 0 Å². The lowest BCUT2D eigenvalue weighted by Crippen LogP contribution is -2.29. The standard InChI is InChI=1S/C33H47NO5/c1-3-4-5-6-7-8-9-10-11-12-13-14-15-16-17-18-19-22-28-39-33(38-2)31(36)26-23-27-34-32(37)29-24-20-21-25-30(29)35/h4-5,7-8,10-11,13-14,16-17,20-21,24-25,33,35H,3,6,9,12,15,18-19,22-23,26-28H2,1-2H3,(H,34,37)/b5-4-,8-7-,11-10-,14-13-,17-16-. The Balaban J connectivity index is 2.05. The van der Waals surface area contributed by atoms with E-state index in [9.17, 15) is 14.7 Å². The lowest BCUT2D eigenvalue weighted by molar-refractivity contribution is -0.163. The van der Waals surface area contributed by atoms with Gasteiger partial charge in [0.1, 0.15) is 5.75 Å². The predicted molar refractivity (Wildman–Crippen MR) is 160 cm³/mol. The van der Waals surface area contributed by atoms with E-state index in [0.717, 1.165) is 51.4 Å². The second kappa shape index (κ2) is 23.9. The van der Waals surface area contributed by atoms with Crippen molar-refractivity contribution >= 4 is 11.7 Å². The van der Waals surface area contributed by atoms with Crippen molar-refractivity contribution in [2.24, 2.45) is 0 Å². The minimum atomic E-state index is -0.882. The van der Waals surface area contributed by atoms with E-state index >= 15 is 0 Å². The van der Waals surface area contributed by atoms with Gasteiger partial charge in [0.15, 0.2) is 5.78 Å². The summed E-state index contributed by atoms with van der Waals surface area (Å²) in [6.45, 7) is 2.92. The second-order valence-electron chi connectivity index (χ2n) is 8.99. The quantitative estimate of drug-likeness (QED) is 0.0915. The maximum atomic E-state index is 12.3. The number of allylic oxidation sites excluding steroid dienone is 10. The molecule has 0 saturated heterocycles. The molecule has 0 aliphatic rings. The number of amides is 1. The van der Waals surface area contributed by atoms with Crippen molar-refractivity contribution < 1.29 is 24.2 Å². The Morgan fingerprint density at radius 1 is 0.846 bits per heavy atom. The summed E-state index contributed by atoms with van der Waals surface area (Å²) in [4.78, 5) is 24.4. The van der Waals surface area contributed by atoms with Crippen LogP contribution in [0.15, 0.2) is 85.0 Å². The van der Waals surface area contributed by atoms with Gasteiger partial charge < -0.3 is 19.9 Å². The number of ether oxygens (including phenoxy) is 2. The SMILES string of the molecule is CC/C=C\C/C=C\C/C=C\C/C=C\C/C=C\CCCCOC(OC)C(=O)CCCNC(=O)c1ccccc1O. The van der Waals surface area contributed by atoms with Gasteiger partial charge in [-0.25, -0.2) is 0 Å². The molecule has 6 heteroatoms. The first-order valence-electron chi connectivity index (χ1n) is 14.1. The van der Waals surface area contributed by atoms with Crippen LogP contribution in [-0.2, 0) is 14.3 Å². The molecule has 0 radical (unpaired) electrons. The molecule has 1 unspecified atom stereocenters. The van der Waals surface area contributed by atoms with Crippen LogP contribution in [0.25, 0.3) is 0 Å². The fraction of sp³-hybridized carbons (Fsp3) is 0.455. The number of para-hydroxylation sites is 1. The van der Waals surface area contributed by atoms with Gasteiger partial charge in [-0.3, -0.25) is 9.59 Å². The first-order chi connectivity index (χ1) is 19.1. The molecule has 0 aromatic heterocycles. The molecule has 0 spiro atoms. The number of nitrogens with one attached hydrogen (secondary N) is 1. The fourth-order valence-electron chi connectivity index (χ4n) is 3.56. The zero-order valence-corrected chi connectivity index (χ0v) is 23.7. The van der Waals surface area contributed by atoms with Crippen LogP contribution in [0.4, 0.5) is 0 Å². The van der Waals surface area contributed by atoms with Gasteiger partial charge in [0, 0.05) is 20.1 Å². The number of hydrogen-bond donors (Lipinski definition) is 2. The average Bonchev–Trinajstić information content (AvgIpc) is 2.94. The topological polar surface area (TPSA) is 84.9 Å². The number of ketones is 1. The van der Waals surface area contributed by atoms with Crippen LogP contribution in [-0.4, -0.2) is 43.3 Å². The van der Waals surface area contributed by atoms with Crippen LogP contribution in [0.5, 0.6) is 5.75 Å². The molecule has 1 amide bonds. The van der Waals surface area contributed by atoms with E-state index in [4.69, 9.17) is 9.47 Å². The van der Waals surface area contributed by atoms with Gasteiger partial charge in [-0.05, 0) is 69.9 Å². The maximum Gasteiger partial charge on any atom is 0.255 e. The zero-order chi connectivity index (χ0) is 28.4. The minimum absolute atomic E-state index is 0.0692. The Kier molecular flexibility index (Phi) is 20.7. The number of phenolic OH excluding ortho intramolecular Hbond substituents is 1. The molecule has 0 aliphatic heterocycles. The average molecular weight is 538 g/mol. The second-order valence-corrected chi connectivity index (χ2v) is 8.99. The summed E-state index contributed by atoms with van der Waals surface area (Å²) < 4.78 is 10.8. The van der Waals surface area contributed by atoms with Crippen LogP contribution in [0.1, 0.15) is 81.5 Å². The minimum Gasteiger partial charge on any atom is -0.507 e. The Hall–Kier alpha value is -3.22. The maximum absolute atomic E-state index is 12.3. The molecule has 0 aliphatic carbocycles. The largest absolute Gasteiger partial charge is 0.507 e. The molecule has 214 valence electrons. The van der Waals surface area contributed by atoms with Crippen molar-refractivity contribution in [1.82, 2.24) is 5.32 Å². The molecule has 39 heavy (non-hydrogen) atoms. The molecule has 0 heterocycles. The number of aromatic hydroxyl groups is 1. The Morgan fingerprint density at radius 2 is 1.44 bits per heavy atom. The predicted octanol–water partition coefficient (Wildman–Crippen LogP) is 7.38. The number of benzene rings is 1. The third-order valence-corrected chi connectivity index (χ3v) is 5.70. The van der Waals surface area contributed by atoms with Crippen LogP contribution >= 0.6 is 0 Å². The van der Waals surface area contributed by atoms with E-state index in [1.165, 1.54) is 13.2 Å². The summed E-state index contributed by atoms with van der Waals surface area (Å²) in [5.41, 5.74) is 0.214. The third-order valence-electron chi connectivity index (χ3n) is 5.70. The van der Waals surface area contributed by atoms with E-state index < -0.39 is 6.29 Å². The summed E-state index contributed by atoms with van der Waals surface area (Å²) in [5.74, 6) is -0.583. The Labute approximate surface area is 235 Å². The van der Waals surface area contributed by atoms with E-state index in [2.05, 4.69) is 73.0 Å². The molecular weight excluding hydrogens is 490 g/mol. The number of unbranched alkanes of at least 4 members (excludes halogenated alkanes) is 2. The number of hydrogen-bond acceptors (Lipinski definition) is 5. The summed E-state index contributed by atoms with van der Waals surface area (Å²) in [5, 5.41) is 12.4. The van der Waals surface area contributed by atoms with Crippen LogP contribution in [0.3, 0.4) is 0 Å². The van der Waals surface area contributed by atoms with Gasteiger partial charge in [-0.1, -0.05) is 79.8 Å². The summed E-state index contributed by atoms with van der Waals surface area (Å²) in [7, 11) is 1.46. The van der Waals surface area contributed by atoms with Crippen LogP contribution < -0.4 is 5.32 Å². The fourth-order valence-corrected chi connectivity index (χ4v) is 3.56. The molecule has 1 aromatic rings. The molecule has 0 saturated carbocycles. The Bertz CT molecular complexity index is 945. The third kappa shape index (κ3) is 17.8. The van der Waals surface area contributed by atoms with Crippen molar-refractivity contribution in [3.05, 3.63) is 90.6 Å². The van der Waals surface area contributed by atoms with Gasteiger partial charge in [-0.15, -0.1) is 0 Å². The summed E-state index contributed by atoms with van der Waals surface area (Å²) >= 11 is 0. The van der Waals surface area contributed by atoms with Gasteiger partial charge in [-0.2, -0.15) is 0 Å². The number of carbonyl (C=O) groups is 2. The van der Waals surface area contributed by atoms with Gasteiger partial charge in [0.25, 0.3) is 5.91 Å². The summed E-state index contributed by atoms with van der Waals surface area (Å²) in [6, 6.07) is 6.34. The lowest BCUT2D eigenvalue weighted by atomic mass is 10.1. The van der Waals surface area contributed by atoms with E-state index in [1.807, 2.05) is 0 Å². The highest BCUT2D eigenvalue weighted by Gasteiger charge is 2.18. The molecule has 0 fully saturated rings. The first-order valence-corrected chi connectivity index (χ1v) is 14.1. The van der Waals surface area contributed by atoms with E-state index in [1.54, 1.807) is 18.2 Å². The number of rotatable bonds is 22. The zero-order valence-electron chi connectivity index (χ0n) is 23.7. The Morgan fingerprint density at radius 3 is 2.03 bits per heavy atom. The van der Waals surface area contributed by atoms with E-state index in [0.29, 0.717) is 19.6 Å². The van der Waals surface area contributed by atoms with Crippen molar-refractivity contribution in [3.8, 4) is 5.75 Å². The molecule has 1 aromatic carbocycles. The first kappa shape index (κ1) is 33.8. The van der Waals surface area contributed by atoms with Gasteiger partial charge >= 0.3 is 0 Å². The van der Waals surface area contributed by atoms with Gasteiger partial charge in [0.05, 0.1) is 12.2 Å². The highest BCUT2D eigenvalue weighted by Crippen LogP contribution is 2.15. The van der Waals surface area contributed by atoms with Crippen molar-refractivity contribution in [2.45, 2.75) is 77.4 Å². The number of Topliss-reactive ketones (excluding diaryl/α,β-unsaturated/α-hetero) is 1. The number of methoxy groups -OCH3 is 1. The molecule has 0 bridgehead atoms.